The van der Waals surface area contributed by atoms with Crippen LogP contribution in [0.15, 0.2) is 64.5 Å². The molecule has 0 saturated carbocycles. The number of hydrogen-bond acceptors (Lipinski definition) is 5. The molecular formula is C22H21N3O3S. The molecule has 3 aromatic rings. The maximum Gasteiger partial charge on any atom is 0.257 e. The second-order valence-corrected chi connectivity index (χ2v) is 7.68. The molecule has 1 amide bonds. The molecule has 2 aromatic carbocycles. The minimum Gasteiger partial charge on any atom is -0.494 e. The third-order valence-corrected chi connectivity index (χ3v) is 5.69. The van der Waals surface area contributed by atoms with Crippen LogP contribution in [0.3, 0.4) is 0 Å². The summed E-state index contributed by atoms with van der Waals surface area (Å²) in [5.41, 5.74) is 2.30. The largest absolute Gasteiger partial charge is 0.494 e. The van der Waals surface area contributed by atoms with E-state index in [1.807, 2.05) is 61.5 Å². The highest BCUT2D eigenvalue weighted by molar-refractivity contribution is 7.98. The summed E-state index contributed by atoms with van der Waals surface area (Å²) in [6, 6.07) is 17.5. The van der Waals surface area contributed by atoms with Gasteiger partial charge in [-0.15, -0.1) is 0 Å². The summed E-state index contributed by atoms with van der Waals surface area (Å²) in [6.07, 6.45) is 0.211. The van der Waals surface area contributed by atoms with Crippen molar-refractivity contribution >= 4 is 23.5 Å². The lowest BCUT2D eigenvalue weighted by atomic mass is 9.87. The molecule has 1 atom stereocenters. The Morgan fingerprint density at radius 3 is 2.59 bits per heavy atom. The number of rotatable bonds is 6. The Morgan fingerprint density at radius 2 is 1.86 bits per heavy atom. The molecule has 4 rings (SSSR count). The molecule has 1 aliphatic rings. The highest BCUT2D eigenvalue weighted by atomic mass is 32.2. The fourth-order valence-corrected chi connectivity index (χ4v) is 4.21. The normalized spacial score (nSPS) is 15.5. The number of thioether (sulfide) groups is 1. The maximum absolute atomic E-state index is 12.9. The van der Waals surface area contributed by atoms with E-state index in [-0.39, 0.29) is 23.8 Å². The van der Waals surface area contributed by atoms with Crippen LogP contribution in [0.25, 0.3) is 0 Å². The van der Waals surface area contributed by atoms with E-state index in [9.17, 15) is 9.59 Å². The van der Waals surface area contributed by atoms with Crippen LogP contribution >= 0.6 is 11.8 Å². The van der Waals surface area contributed by atoms with E-state index in [2.05, 4.69) is 15.3 Å². The van der Waals surface area contributed by atoms with Gasteiger partial charge in [0.05, 0.1) is 12.2 Å². The molecule has 1 unspecified atom stereocenters. The summed E-state index contributed by atoms with van der Waals surface area (Å²) in [7, 11) is 0. The van der Waals surface area contributed by atoms with Gasteiger partial charge in [0.2, 0.25) is 5.91 Å². The molecule has 6 nitrogen and oxygen atoms in total. The van der Waals surface area contributed by atoms with E-state index in [4.69, 9.17) is 4.74 Å². The third-order valence-electron chi connectivity index (χ3n) is 4.74. The first-order valence-electron chi connectivity index (χ1n) is 9.47. The summed E-state index contributed by atoms with van der Waals surface area (Å²) in [5, 5.41) is 3.25. The SMILES string of the molecule is CCOc1ccc(C2CC(=O)Nc3nc(SCc4ccccc4)[nH]c(=O)c32)cc1. The van der Waals surface area contributed by atoms with E-state index in [0.29, 0.717) is 28.9 Å². The average Bonchev–Trinajstić information content (AvgIpc) is 2.73. The van der Waals surface area contributed by atoms with E-state index < -0.39 is 0 Å². The topological polar surface area (TPSA) is 84.1 Å². The van der Waals surface area contributed by atoms with Crippen molar-refractivity contribution in [3.63, 3.8) is 0 Å². The molecule has 2 N–H and O–H groups in total. The number of H-pyrrole nitrogens is 1. The van der Waals surface area contributed by atoms with Crippen molar-refractivity contribution in [3.8, 4) is 5.75 Å². The number of fused-ring (bicyclic) bond motifs is 1. The predicted molar refractivity (Wildman–Crippen MR) is 114 cm³/mol. The first-order chi connectivity index (χ1) is 14.1. The lowest BCUT2D eigenvalue weighted by molar-refractivity contribution is -0.116. The molecule has 0 fully saturated rings. The average molecular weight is 407 g/mol. The number of carbonyl (C=O) groups excluding carboxylic acids is 1. The molecule has 0 bridgehead atoms. The molecule has 7 heteroatoms. The summed E-state index contributed by atoms with van der Waals surface area (Å²) in [6.45, 7) is 2.51. The fourth-order valence-electron chi connectivity index (χ4n) is 3.39. The zero-order valence-corrected chi connectivity index (χ0v) is 16.8. The molecule has 1 aliphatic heterocycles. The van der Waals surface area contributed by atoms with Crippen molar-refractivity contribution in [1.82, 2.24) is 9.97 Å². The second kappa shape index (κ2) is 8.53. The number of carbonyl (C=O) groups is 1. The Balaban J connectivity index is 1.62. The Bertz CT molecular complexity index is 1060. The number of anilines is 1. The quantitative estimate of drug-likeness (QED) is 0.478. The number of amides is 1. The molecule has 2 heterocycles. The van der Waals surface area contributed by atoms with Crippen molar-refractivity contribution < 1.29 is 9.53 Å². The van der Waals surface area contributed by atoms with Gasteiger partial charge < -0.3 is 15.0 Å². The summed E-state index contributed by atoms with van der Waals surface area (Å²) in [5.74, 6) is 1.31. The summed E-state index contributed by atoms with van der Waals surface area (Å²) in [4.78, 5) is 32.5. The lowest BCUT2D eigenvalue weighted by Gasteiger charge is -2.24. The van der Waals surface area contributed by atoms with Crippen LogP contribution in [-0.2, 0) is 10.5 Å². The molecule has 0 radical (unpaired) electrons. The number of aromatic nitrogens is 2. The van der Waals surface area contributed by atoms with Gasteiger partial charge in [-0.1, -0.05) is 54.2 Å². The van der Waals surface area contributed by atoms with E-state index in [1.54, 1.807) is 0 Å². The van der Waals surface area contributed by atoms with Gasteiger partial charge in [0.25, 0.3) is 5.56 Å². The monoisotopic (exact) mass is 407 g/mol. The Hall–Kier alpha value is -3.06. The zero-order valence-electron chi connectivity index (χ0n) is 16.0. The number of hydrogen-bond donors (Lipinski definition) is 2. The molecule has 1 aromatic heterocycles. The smallest absolute Gasteiger partial charge is 0.257 e. The number of aromatic amines is 1. The van der Waals surface area contributed by atoms with Crippen molar-refractivity contribution in [2.45, 2.75) is 30.2 Å². The van der Waals surface area contributed by atoms with Gasteiger partial charge in [-0.3, -0.25) is 9.59 Å². The van der Waals surface area contributed by atoms with Gasteiger partial charge in [0.1, 0.15) is 11.6 Å². The Morgan fingerprint density at radius 1 is 1.10 bits per heavy atom. The molecule has 29 heavy (non-hydrogen) atoms. The number of nitrogens with one attached hydrogen (secondary N) is 2. The van der Waals surface area contributed by atoms with Crippen LogP contribution in [0.2, 0.25) is 0 Å². The van der Waals surface area contributed by atoms with Crippen molar-refractivity contribution in [2.75, 3.05) is 11.9 Å². The third kappa shape index (κ3) is 4.35. The summed E-state index contributed by atoms with van der Waals surface area (Å²) < 4.78 is 5.48. The molecule has 0 aliphatic carbocycles. The van der Waals surface area contributed by atoms with Gasteiger partial charge in [-0.05, 0) is 30.2 Å². The van der Waals surface area contributed by atoms with Crippen LogP contribution in [0.5, 0.6) is 5.75 Å². The Kier molecular flexibility index (Phi) is 5.67. The van der Waals surface area contributed by atoms with Gasteiger partial charge in [-0.25, -0.2) is 4.98 Å². The standard InChI is InChI=1S/C22H21N3O3S/c1-2-28-16-10-8-15(9-11-16)17-12-18(26)23-20-19(17)21(27)25-22(24-20)29-13-14-6-4-3-5-7-14/h3-11,17H,2,12-13H2,1H3,(H2,23,24,25,26,27). The second-order valence-electron chi connectivity index (χ2n) is 6.71. The van der Waals surface area contributed by atoms with Crippen molar-refractivity contribution in [3.05, 3.63) is 81.6 Å². The van der Waals surface area contributed by atoms with Crippen molar-refractivity contribution in [2.24, 2.45) is 0 Å². The highest BCUT2D eigenvalue weighted by Gasteiger charge is 2.31. The van der Waals surface area contributed by atoms with E-state index in [1.165, 1.54) is 11.8 Å². The van der Waals surface area contributed by atoms with Crippen LogP contribution < -0.4 is 15.6 Å². The number of ether oxygens (including phenoxy) is 1. The first-order valence-corrected chi connectivity index (χ1v) is 10.5. The molecule has 0 spiro atoms. The van der Waals surface area contributed by atoms with E-state index >= 15 is 0 Å². The minimum absolute atomic E-state index is 0.145. The first kappa shape index (κ1) is 19.3. The van der Waals surface area contributed by atoms with Gasteiger partial charge in [0, 0.05) is 18.1 Å². The van der Waals surface area contributed by atoms with Gasteiger partial charge in [0.15, 0.2) is 5.16 Å². The maximum atomic E-state index is 12.9. The van der Waals surface area contributed by atoms with Crippen LogP contribution in [-0.4, -0.2) is 22.5 Å². The number of benzene rings is 2. The minimum atomic E-state index is -0.334. The zero-order chi connectivity index (χ0) is 20.2. The fraction of sp³-hybridized carbons (Fsp3) is 0.227. The molecular weight excluding hydrogens is 386 g/mol. The number of nitrogens with zero attached hydrogens (tertiary/aromatic N) is 1. The van der Waals surface area contributed by atoms with Crippen LogP contribution in [0.1, 0.15) is 36.0 Å². The van der Waals surface area contributed by atoms with Crippen LogP contribution in [0.4, 0.5) is 5.82 Å². The summed E-state index contributed by atoms with van der Waals surface area (Å²) >= 11 is 1.43. The van der Waals surface area contributed by atoms with Crippen molar-refractivity contribution in [1.29, 1.82) is 0 Å². The van der Waals surface area contributed by atoms with Gasteiger partial charge >= 0.3 is 0 Å². The molecule has 0 saturated heterocycles. The predicted octanol–water partition coefficient (Wildman–Crippen LogP) is 3.94. The molecule has 148 valence electrons. The van der Waals surface area contributed by atoms with Crippen LogP contribution in [0, 0.1) is 0 Å². The Labute approximate surface area is 172 Å². The van der Waals surface area contributed by atoms with Gasteiger partial charge in [-0.2, -0.15) is 0 Å². The van der Waals surface area contributed by atoms with E-state index in [0.717, 1.165) is 16.9 Å². The lowest BCUT2D eigenvalue weighted by Crippen LogP contribution is -2.31. The highest BCUT2D eigenvalue weighted by Crippen LogP contribution is 2.35.